The van der Waals surface area contributed by atoms with E-state index in [4.69, 9.17) is 0 Å². The van der Waals surface area contributed by atoms with Gasteiger partial charge in [-0.25, -0.2) is 0 Å². The van der Waals surface area contributed by atoms with E-state index in [1.54, 1.807) is 0 Å². The van der Waals surface area contributed by atoms with E-state index in [1.165, 1.54) is 25.9 Å². The van der Waals surface area contributed by atoms with Gasteiger partial charge in [-0.1, -0.05) is 0 Å². The molecule has 2 aliphatic heterocycles. The Kier molecular flexibility index (Phi) is 5.41. The van der Waals surface area contributed by atoms with Crippen LogP contribution in [0.3, 0.4) is 0 Å². The Morgan fingerprint density at radius 1 is 1.20 bits per heavy atom. The average molecular weight is 282 g/mol. The van der Waals surface area contributed by atoms with Crippen molar-refractivity contribution in [2.24, 2.45) is 0 Å². The van der Waals surface area contributed by atoms with Crippen LogP contribution in [0.15, 0.2) is 0 Å². The highest BCUT2D eigenvalue weighted by Gasteiger charge is 2.35. The average Bonchev–Trinajstić information content (AvgIpc) is 2.99. The van der Waals surface area contributed by atoms with Gasteiger partial charge in [-0.15, -0.1) is 0 Å². The molecule has 2 aliphatic rings. The highest BCUT2D eigenvalue weighted by Crippen LogP contribution is 2.16. The third kappa shape index (κ3) is 3.71. The zero-order valence-electron chi connectivity index (χ0n) is 13.2. The molecule has 116 valence electrons. The Morgan fingerprint density at radius 3 is 2.40 bits per heavy atom. The first kappa shape index (κ1) is 15.7. The maximum atomic E-state index is 12.5. The summed E-state index contributed by atoms with van der Waals surface area (Å²) < 4.78 is 0. The van der Waals surface area contributed by atoms with E-state index in [-0.39, 0.29) is 5.91 Å². The third-order valence-corrected chi connectivity index (χ3v) is 4.79. The minimum Gasteiger partial charge on any atom is -0.353 e. The molecule has 2 fully saturated rings. The molecule has 2 heterocycles. The van der Waals surface area contributed by atoms with E-state index >= 15 is 0 Å². The molecule has 0 spiro atoms. The molecule has 0 radical (unpaired) electrons. The van der Waals surface area contributed by atoms with Gasteiger partial charge in [0.05, 0.1) is 5.54 Å². The molecule has 20 heavy (non-hydrogen) atoms. The summed E-state index contributed by atoms with van der Waals surface area (Å²) in [4.78, 5) is 17.2. The van der Waals surface area contributed by atoms with Crippen LogP contribution < -0.4 is 10.6 Å². The van der Waals surface area contributed by atoms with Crippen LogP contribution in [0.4, 0.5) is 0 Å². The number of hydrogen-bond acceptors (Lipinski definition) is 4. The van der Waals surface area contributed by atoms with Crippen LogP contribution >= 0.6 is 0 Å². The van der Waals surface area contributed by atoms with E-state index in [2.05, 4.69) is 27.4 Å². The maximum Gasteiger partial charge on any atom is 0.240 e. The summed E-state index contributed by atoms with van der Waals surface area (Å²) in [5.74, 6) is 0.158. The van der Waals surface area contributed by atoms with Gasteiger partial charge in [0.1, 0.15) is 0 Å². The second kappa shape index (κ2) is 6.87. The molecule has 2 N–H and O–H groups in total. The van der Waals surface area contributed by atoms with Crippen LogP contribution in [0, 0.1) is 0 Å². The molecule has 1 amide bonds. The number of hydrogen-bond donors (Lipinski definition) is 2. The van der Waals surface area contributed by atoms with Crippen molar-refractivity contribution in [3.05, 3.63) is 0 Å². The van der Waals surface area contributed by atoms with Gasteiger partial charge in [-0.2, -0.15) is 0 Å². The summed E-state index contributed by atoms with van der Waals surface area (Å²) >= 11 is 0. The first-order valence-electron chi connectivity index (χ1n) is 8.00. The van der Waals surface area contributed by atoms with Crippen molar-refractivity contribution >= 4 is 5.91 Å². The molecular formula is C15H30N4O. The highest BCUT2D eigenvalue weighted by atomic mass is 16.2. The van der Waals surface area contributed by atoms with Crippen LogP contribution in [0.5, 0.6) is 0 Å². The van der Waals surface area contributed by atoms with Crippen molar-refractivity contribution in [1.29, 1.82) is 0 Å². The first-order valence-corrected chi connectivity index (χ1v) is 8.00. The Morgan fingerprint density at radius 2 is 1.80 bits per heavy atom. The molecule has 1 unspecified atom stereocenters. The van der Waals surface area contributed by atoms with Gasteiger partial charge in [0.15, 0.2) is 0 Å². The number of piperazine rings is 1. The fourth-order valence-corrected chi connectivity index (χ4v) is 3.14. The van der Waals surface area contributed by atoms with Gasteiger partial charge in [0.2, 0.25) is 5.91 Å². The lowest BCUT2D eigenvalue weighted by Crippen LogP contribution is -2.60. The molecule has 2 saturated heterocycles. The molecule has 2 rings (SSSR count). The molecule has 0 aromatic carbocycles. The molecule has 0 bridgehead atoms. The summed E-state index contributed by atoms with van der Waals surface area (Å²) in [7, 11) is 0. The molecule has 0 aromatic heterocycles. The largest absolute Gasteiger partial charge is 0.353 e. The van der Waals surface area contributed by atoms with E-state index in [9.17, 15) is 4.79 Å². The van der Waals surface area contributed by atoms with Crippen LogP contribution in [0.1, 0.15) is 33.6 Å². The summed E-state index contributed by atoms with van der Waals surface area (Å²) in [6, 6.07) is 0.445. The number of nitrogens with one attached hydrogen (secondary N) is 2. The summed E-state index contributed by atoms with van der Waals surface area (Å²) in [6.45, 7) is 13.2. The molecule has 0 aromatic rings. The number of likely N-dealkylation sites (tertiary alicyclic amines) is 1. The predicted octanol–water partition coefficient (Wildman–Crippen LogP) is 0.271. The van der Waals surface area contributed by atoms with Crippen molar-refractivity contribution < 1.29 is 4.79 Å². The number of carbonyl (C=O) groups excluding carboxylic acids is 1. The summed E-state index contributed by atoms with van der Waals surface area (Å²) in [5, 5.41) is 6.49. The lowest BCUT2D eigenvalue weighted by molar-refractivity contribution is -0.132. The van der Waals surface area contributed by atoms with Crippen molar-refractivity contribution in [2.45, 2.75) is 45.2 Å². The Balaban J connectivity index is 1.80. The normalized spacial score (nSPS) is 23.8. The van der Waals surface area contributed by atoms with Crippen molar-refractivity contribution in [3.8, 4) is 0 Å². The predicted molar refractivity (Wildman–Crippen MR) is 81.8 cm³/mol. The molecule has 0 saturated carbocycles. The van der Waals surface area contributed by atoms with E-state index in [0.717, 1.165) is 32.7 Å². The SMILES string of the molecule is CC(CNC(=O)C(C)(C)N1CCNCC1)N1CCCC1. The number of rotatable bonds is 5. The van der Waals surface area contributed by atoms with Gasteiger partial charge in [-0.3, -0.25) is 14.6 Å². The van der Waals surface area contributed by atoms with Crippen molar-refractivity contribution in [2.75, 3.05) is 45.8 Å². The van der Waals surface area contributed by atoms with Gasteiger partial charge < -0.3 is 10.6 Å². The molecule has 0 aliphatic carbocycles. The van der Waals surface area contributed by atoms with E-state index < -0.39 is 5.54 Å². The minimum absolute atomic E-state index is 0.158. The smallest absolute Gasteiger partial charge is 0.240 e. The number of nitrogens with zero attached hydrogens (tertiary/aromatic N) is 2. The highest BCUT2D eigenvalue weighted by molar-refractivity contribution is 5.85. The molecule has 5 heteroatoms. The molecule has 1 atom stereocenters. The lowest BCUT2D eigenvalue weighted by atomic mass is 10.0. The topological polar surface area (TPSA) is 47.6 Å². The van der Waals surface area contributed by atoms with Crippen LogP contribution in [-0.4, -0.2) is 73.1 Å². The van der Waals surface area contributed by atoms with Crippen LogP contribution in [-0.2, 0) is 4.79 Å². The quantitative estimate of drug-likeness (QED) is 0.760. The van der Waals surface area contributed by atoms with Crippen LogP contribution in [0.25, 0.3) is 0 Å². The zero-order valence-corrected chi connectivity index (χ0v) is 13.2. The van der Waals surface area contributed by atoms with E-state index in [1.807, 2.05) is 13.8 Å². The summed E-state index contributed by atoms with van der Waals surface area (Å²) in [6.07, 6.45) is 2.59. The third-order valence-electron chi connectivity index (χ3n) is 4.79. The first-order chi connectivity index (χ1) is 9.51. The standard InChI is InChI=1S/C15H30N4O/c1-13(18-8-4-5-9-18)12-17-14(20)15(2,3)19-10-6-16-7-11-19/h13,16H,4-12H2,1-3H3,(H,17,20). The lowest BCUT2D eigenvalue weighted by Gasteiger charge is -2.40. The molecule has 5 nitrogen and oxygen atoms in total. The summed E-state index contributed by atoms with van der Waals surface area (Å²) in [5.41, 5.74) is -0.410. The fraction of sp³-hybridized carbons (Fsp3) is 0.933. The maximum absolute atomic E-state index is 12.5. The fourth-order valence-electron chi connectivity index (χ4n) is 3.14. The minimum atomic E-state index is -0.410. The van der Waals surface area contributed by atoms with Gasteiger partial charge >= 0.3 is 0 Å². The van der Waals surface area contributed by atoms with Gasteiger partial charge in [0, 0.05) is 38.8 Å². The number of carbonyl (C=O) groups is 1. The van der Waals surface area contributed by atoms with Crippen molar-refractivity contribution in [3.63, 3.8) is 0 Å². The van der Waals surface area contributed by atoms with E-state index in [0.29, 0.717) is 6.04 Å². The Bertz CT molecular complexity index is 320. The second-order valence-corrected chi connectivity index (χ2v) is 6.60. The van der Waals surface area contributed by atoms with Gasteiger partial charge in [-0.05, 0) is 46.7 Å². The van der Waals surface area contributed by atoms with Crippen molar-refractivity contribution in [1.82, 2.24) is 20.4 Å². The zero-order chi connectivity index (χ0) is 14.6. The Hall–Kier alpha value is -0.650. The van der Waals surface area contributed by atoms with Gasteiger partial charge in [0.25, 0.3) is 0 Å². The number of amides is 1. The molecular weight excluding hydrogens is 252 g/mol. The monoisotopic (exact) mass is 282 g/mol. The van der Waals surface area contributed by atoms with Crippen LogP contribution in [0.2, 0.25) is 0 Å². The second-order valence-electron chi connectivity index (χ2n) is 6.60. The Labute approximate surface area is 123 Å².